The van der Waals surface area contributed by atoms with Crippen molar-refractivity contribution in [1.82, 2.24) is 4.98 Å². The Hall–Kier alpha value is -2.82. The van der Waals surface area contributed by atoms with Crippen molar-refractivity contribution in [2.45, 2.75) is 12.6 Å². The molecule has 0 radical (unpaired) electrons. The predicted octanol–water partition coefficient (Wildman–Crippen LogP) is 3.83. The smallest absolute Gasteiger partial charge is 0.369 e. The van der Waals surface area contributed by atoms with Crippen molar-refractivity contribution in [1.29, 1.82) is 5.26 Å². The highest BCUT2D eigenvalue weighted by atomic mass is 19.4. The quantitative estimate of drug-likeness (QED) is 0.760. The van der Waals surface area contributed by atoms with E-state index in [0.717, 1.165) is 12.3 Å². The Labute approximate surface area is 148 Å². The van der Waals surface area contributed by atoms with Crippen LogP contribution in [0.4, 0.5) is 29.1 Å². The summed E-state index contributed by atoms with van der Waals surface area (Å²) in [5.41, 5.74) is -0.237. The Kier molecular flexibility index (Phi) is 4.98. The molecular weight excluding hydrogens is 348 g/mol. The summed E-state index contributed by atoms with van der Waals surface area (Å²) in [6.45, 7) is 2.27. The van der Waals surface area contributed by atoms with Gasteiger partial charge in [-0.2, -0.15) is 18.4 Å². The number of anilines is 2. The average Bonchev–Trinajstić information content (AvgIpc) is 2.87. The maximum atomic E-state index is 13.8. The fourth-order valence-corrected chi connectivity index (χ4v) is 3.02. The highest BCUT2D eigenvalue weighted by Crippen LogP contribution is 2.30. The van der Waals surface area contributed by atoms with Crippen LogP contribution in [0, 0.1) is 17.1 Å². The molecule has 8 heteroatoms. The van der Waals surface area contributed by atoms with Gasteiger partial charge in [0.25, 0.3) is 0 Å². The first-order valence-corrected chi connectivity index (χ1v) is 8.12. The van der Waals surface area contributed by atoms with Gasteiger partial charge in [-0.3, -0.25) is 0 Å². The number of halogens is 4. The number of nitriles is 1. The van der Waals surface area contributed by atoms with E-state index >= 15 is 0 Å². The minimum absolute atomic E-state index is 0.00797. The van der Waals surface area contributed by atoms with E-state index in [9.17, 15) is 22.8 Å². The van der Waals surface area contributed by atoms with E-state index in [1.165, 1.54) is 12.1 Å². The van der Waals surface area contributed by atoms with Crippen LogP contribution >= 0.6 is 0 Å². The Bertz CT molecular complexity index is 811. The lowest BCUT2D eigenvalue weighted by Crippen LogP contribution is -2.31. The summed E-state index contributed by atoms with van der Waals surface area (Å²) in [6.07, 6.45) is -2.87. The number of hydrogen-bond acceptors (Lipinski definition) is 4. The molecule has 3 rings (SSSR count). The third-order valence-corrected chi connectivity index (χ3v) is 4.34. The van der Waals surface area contributed by atoms with E-state index in [1.54, 1.807) is 12.1 Å². The molecule has 1 aliphatic heterocycles. The first-order chi connectivity index (χ1) is 12.4. The summed E-state index contributed by atoms with van der Waals surface area (Å²) in [7, 11) is 0. The van der Waals surface area contributed by atoms with Gasteiger partial charge in [0, 0.05) is 32.4 Å². The zero-order valence-corrected chi connectivity index (χ0v) is 13.8. The second kappa shape index (κ2) is 7.20. The molecule has 2 aromatic rings. The molecule has 1 aromatic carbocycles. The summed E-state index contributed by atoms with van der Waals surface area (Å²) in [5, 5.41) is 9.19. The molecular formula is C18H16F4N4. The molecule has 0 bridgehead atoms. The van der Waals surface area contributed by atoms with Crippen molar-refractivity contribution < 1.29 is 17.6 Å². The minimum Gasteiger partial charge on any atom is -0.369 e. The van der Waals surface area contributed by atoms with Gasteiger partial charge < -0.3 is 9.80 Å². The number of benzene rings is 1. The molecule has 0 spiro atoms. The fourth-order valence-electron chi connectivity index (χ4n) is 3.02. The van der Waals surface area contributed by atoms with Crippen LogP contribution in [-0.2, 0) is 6.18 Å². The lowest BCUT2D eigenvalue weighted by Gasteiger charge is -2.25. The second-order valence-electron chi connectivity index (χ2n) is 5.98. The zero-order valence-electron chi connectivity index (χ0n) is 13.8. The molecule has 1 aromatic heterocycles. The molecule has 0 aliphatic carbocycles. The van der Waals surface area contributed by atoms with E-state index in [4.69, 9.17) is 0 Å². The number of rotatable bonds is 2. The van der Waals surface area contributed by atoms with Gasteiger partial charge in [0.1, 0.15) is 23.3 Å². The van der Waals surface area contributed by atoms with Crippen LogP contribution in [0.5, 0.6) is 0 Å². The summed E-state index contributed by atoms with van der Waals surface area (Å²) >= 11 is 0. The molecule has 0 saturated carbocycles. The Morgan fingerprint density at radius 2 is 1.73 bits per heavy atom. The highest BCUT2D eigenvalue weighted by Gasteiger charge is 2.31. The summed E-state index contributed by atoms with van der Waals surface area (Å²) in [5.74, 6) is -0.0879. The van der Waals surface area contributed by atoms with Gasteiger partial charge in [-0.25, -0.2) is 9.37 Å². The largest absolute Gasteiger partial charge is 0.417 e. The standard InChI is InChI=1S/C18H16F4N4/c19-15-3-1-4-16(14(15)11-23)25-7-2-8-26(10-9-25)17-6-5-13(12-24-17)18(20,21)22/h1,3-6,12H,2,7-10H2. The third-order valence-electron chi connectivity index (χ3n) is 4.34. The summed E-state index contributed by atoms with van der Waals surface area (Å²) in [6, 6.07) is 8.79. The molecule has 26 heavy (non-hydrogen) atoms. The van der Waals surface area contributed by atoms with Crippen LogP contribution in [0.3, 0.4) is 0 Å². The van der Waals surface area contributed by atoms with Crippen molar-refractivity contribution in [3.05, 3.63) is 53.5 Å². The number of aromatic nitrogens is 1. The highest BCUT2D eigenvalue weighted by molar-refractivity contribution is 5.60. The van der Waals surface area contributed by atoms with Crippen molar-refractivity contribution in [3.63, 3.8) is 0 Å². The van der Waals surface area contributed by atoms with Crippen LogP contribution in [0.25, 0.3) is 0 Å². The number of alkyl halides is 3. The van der Waals surface area contributed by atoms with E-state index in [1.807, 2.05) is 15.9 Å². The number of pyridine rings is 1. The van der Waals surface area contributed by atoms with Gasteiger partial charge >= 0.3 is 6.18 Å². The SMILES string of the molecule is N#Cc1c(F)cccc1N1CCCN(c2ccc(C(F)(F)F)cn2)CC1. The van der Waals surface area contributed by atoms with Gasteiger partial charge in [-0.05, 0) is 30.7 Å². The van der Waals surface area contributed by atoms with Crippen molar-refractivity contribution >= 4 is 11.5 Å². The minimum atomic E-state index is -4.41. The molecule has 136 valence electrons. The molecule has 1 fully saturated rings. The first-order valence-electron chi connectivity index (χ1n) is 8.12. The van der Waals surface area contributed by atoms with E-state index in [0.29, 0.717) is 44.1 Å². The summed E-state index contributed by atoms with van der Waals surface area (Å²) < 4.78 is 51.8. The lowest BCUT2D eigenvalue weighted by molar-refractivity contribution is -0.137. The number of hydrogen-bond donors (Lipinski definition) is 0. The Morgan fingerprint density at radius 3 is 2.38 bits per heavy atom. The topological polar surface area (TPSA) is 43.2 Å². The normalized spacial score (nSPS) is 15.5. The third kappa shape index (κ3) is 3.72. The van der Waals surface area contributed by atoms with E-state index < -0.39 is 17.6 Å². The van der Waals surface area contributed by atoms with Crippen LogP contribution in [0.2, 0.25) is 0 Å². The molecule has 0 amide bonds. The van der Waals surface area contributed by atoms with Gasteiger partial charge in [0.15, 0.2) is 0 Å². The van der Waals surface area contributed by atoms with Crippen LogP contribution in [-0.4, -0.2) is 31.2 Å². The van der Waals surface area contributed by atoms with Gasteiger partial charge in [0.2, 0.25) is 0 Å². The molecule has 0 N–H and O–H groups in total. The molecule has 1 saturated heterocycles. The van der Waals surface area contributed by atoms with Crippen LogP contribution < -0.4 is 9.80 Å². The van der Waals surface area contributed by atoms with Crippen LogP contribution in [0.15, 0.2) is 36.5 Å². The fraction of sp³-hybridized carbons (Fsp3) is 0.333. The molecule has 0 atom stereocenters. The van der Waals surface area contributed by atoms with Crippen molar-refractivity contribution in [2.24, 2.45) is 0 Å². The van der Waals surface area contributed by atoms with Crippen LogP contribution in [0.1, 0.15) is 17.5 Å². The first kappa shape index (κ1) is 18.0. The van der Waals surface area contributed by atoms with Gasteiger partial charge in [0.05, 0.1) is 11.3 Å². The zero-order chi connectivity index (χ0) is 18.7. The summed E-state index contributed by atoms with van der Waals surface area (Å²) in [4.78, 5) is 7.75. The van der Waals surface area contributed by atoms with Crippen molar-refractivity contribution in [2.75, 3.05) is 36.0 Å². The Morgan fingerprint density at radius 1 is 1.00 bits per heavy atom. The Balaban J connectivity index is 1.75. The predicted molar refractivity (Wildman–Crippen MR) is 89.4 cm³/mol. The molecule has 1 aliphatic rings. The monoisotopic (exact) mass is 364 g/mol. The maximum absolute atomic E-state index is 13.8. The molecule has 4 nitrogen and oxygen atoms in total. The lowest BCUT2D eigenvalue weighted by atomic mass is 10.1. The van der Waals surface area contributed by atoms with E-state index in [2.05, 4.69) is 4.98 Å². The average molecular weight is 364 g/mol. The van der Waals surface area contributed by atoms with Gasteiger partial charge in [-0.1, -0.05) is 6.07 Å². The van der Waals surface area contributed by atoms with Gasteiger partial charge in [-0.15, -0.1) is 0 Å². The van der Waals surface area contributed by atoms with Crippen molar-refractivity contribution in [3.8, 4) is 6.07 Å². The molecule has 0 unspecified atom stereocenters. The molecule has 2 heterocycles. The maximum Gasteiger partial charge on any atom is 0.417 e. The van der Waals surface area contributed by atoms with E-state index in [-0.39, 0.29) is 5.56 Å². The second-order valence-corrected chi connectivity index (χ2v) is 5.98. The number of nitrogens with zero attached hydrogens (tertiary/aromatic N) is 4.